The summed E-state index contributed by atoms with van der Waals surface area (Å²) in [5, 5.41) is 2.33. The first-order chi connectivity index (χ1) is 17.5. The third kappa shape index (κ3) is 5.73. The molecule has 2 heterocycles. The first kappa shape index (κ1) is 25.9. The van der Waals surface area contributed by atoms with Crippen LogP contribution in [0.1, 0.15) is 56.9 Å². The quantitative estimate of drug-likeness (QED) is 0.528. The molecular weight excluding hydrogens is 504 g/mol. The Morgan fingerprint density at radius 1 is 1.08 bits per heavy atom. The molecule has 8 nitrogen and oxygen atoms in total. The van der Waals surface area contributed by atoms with Gasteiger partial charge in [-0.3, -0.25) is 9.78 Å². The van der Waals surface area contributed by atoms with E-state index in [1.54, 1.807) is 32.1 Å². The van der Waals surface area contributed by atoms with Gasteiger partial charge < -0.3 is 14.8 Å². The minimum absolute atomic E-state index is 0.0274. The van der Waals surface area contributed by atoms with Crippen LogP contribution in [0, 0.1) is 5.92 Å². The SMILES string of the molecule is CC1(C)OC[C@H](c2cnc(NC(=O)/C(=C/[C@H]3C[C@@H](F)[C@@H](F)C3)c3ccc(S(=O)(=O)C4CC4)cc3)cn2)O1. The van der Waals surface area contributed by atoms with Gasteiger partial charge in [-0.25, -0.2) is 22.2 Å². The van der Waals surface area contributed by atoms with Crippen LogP contribution in [0.15, 0.2) is 47.6 Å². The molecule has 3 fully saturated rings. The number of alkyl halides is 2. The zero-order valence-corrected chi connectivity index (χ0v) is 21.4. The van der Waals surface area contributed by atoms with Gasteiger partial charge in [0, 0.05) is 5.57 Å². The second-order valence-corrected chi connectivity index (χ2v) is 12.4. The number of rotatable bonds is 7. The molecule has 0 radical (unpaired) electrons. The Morgan fingerprint density at radius 3 is 2.30 bits per heavy atom. The Balaban J connectivity index is 1.36. The minimum Gasteiger partial charge on any atom is -0.347 e. The smallest absolute Gasteiger partial charge is 0.257 e. The van der Waals surface area contributed by atoms with E-state index in [0.717, 1.165) is 0 Å². The first-order valence-corrected chi connectivity index (χ1v) is 13.9. The van der Waals surface area contributed by atoms with Gasteiger partial charge in [-0.1, -0.05) is 18.2 Å². The molecule has 3 aliphatic rings. The van der Waals surface area contributed by atoms with E-state index in [0.29, 0.717) is 30.7 Å². The van der Waals surface area contributed by atoms with Crippen molar-refractivity contribution in [2.45, 2.75) is 73.9 Å². The highest BCUT2D eigenvalue weighted by atomic mass is 32.2. The van der Waals surface area contributed by atoms with Gasteiger partial charge in [-0.05, 0) is 63.1 Å². The molecule has 1 aromatic carbocycles. The summed E-state index contributed by atoms with van der Waals surface area (Å²) in [6.45, 7) is 3.94. The third-order valence-corrected chi connectivity index (χ3v) is 9.08. The van der Waals surface area contributed by atoms with Gasteiger partial charge in [0.05, 0.1) is 34.8 Å². The van der Waals surface area contributed by atoms with Crippen molar-refractivity contribution in [3.8, 4) is 0 Å². The molecule has 1 amide bonds. The van der Waals surface area contributed by atoms with Crippen molar-refractivity contribution in [1.29, 1.82) is 0 Å². The predicted octanol–water partition coefficient (Wildman–Crippen LogP) is 4.35. The molecule has 11 heteroatoms. The van der Waals surface area contributed by atoms with Crippen LogP contribution in [0.3, 0.4) is 0 Å². The molecule has 2 aliphatic carbocycles. The molecule has 1 aliphatic heterocycles. The summed E-state index contributed by atoms with van der Waals surface area (Å²) in [6.07, 6.45) is 2.14. The number of benzene rings is 1. The van der Waals surface area contributed by atoms with E-state index in [1.165, 1.54) is 24.5 Å². The summed E-state index contributed by atoms with van der Waals surface area (Å²) in [5.41, 5.74) is 1.18. The fraction of sp³-hybridized carbons (Fsp3) is 0.500. The van der Waals surface area contributed by atoms with Gasteiger partial charge in [-0.15, -0.1) is 0 Å². The monoisotopic (exact) mass is 533 g/mol. The summed E-state index contributed by atoms with van der Waals surface area (Å²) >= 11 is 0. The highest BCUT2D eigenvalue weighted by Gasteiger charge is 2.37. The normalized spacial score (nSPS) is 27.8. The number of halogens is 2. The lowest BCUT2D eigenvalue weighted by Gasteiger charge is -2.16. The molecule has 0 spiro atoms. The van der Waals surface area contributed by atoms with Gasteiger partial charge in [0.1, 0.15) is 18.4 Å². The van der Waals surface area contributed by atoms with Gasteiger partial charge in [0.2, 0.25) is 0 Å². The number of sulfone groups is 1. The standard InChI is InChI=1S/C26H29F2N3O5S/c1-26(2)35-14-23(36-26)22-12-30-24(13-29-22)31-25(32)19(9-15-10-20(27)21(28)11-15)16-3-5-17(6-4-16)37(33,34)18-7-8-18/h3-6,9,12-13,15,18,20-21,23H,7-8,10-11,14H2,1-2H3,(H,30,31,32)/b19-9+/t15-,20+,21-,23-/m1/s1. The summed E-state index contributed by atoms with van der Waals surface area (Å²) < 4.78 is 64.1. The van der Waals surface area contributed by atoms with Gasteiger partial charge in [0.15, 0.2) is 21.4 Å². The fourth-order valence-corrected chi connectivity index (χ4v) is 6.28. The lowest BCUT2D eigenvalue weighted by atomic mass is 9.98. The second-order valence-electron chi connectivity index (χ2n) is 10.2. The van der Waals surface area contributed by atoms with Crippen LogP contribution in [-0.4, -0.2) is 54.3 Å². The predicted molar refractivity (Wildman–Crippen MR) is 132 cm³/mol. The highest BCUT2D eigenvalue weighted by molar-refractivity contribution is 7.92. The Kier molecular flexibility index (Phi) is 6.88. The number of allylic oxidation sites excluding steroid dienone is 1. The zero-order chi connectivity index (χ0) is 26.4. The van der Waals surface area contributed by atoms with E-state index < -0.39 is 39.8 Å². The molecule has 5 rings (SSSR count). The van der Waals surface area contributed by atoms with Crippen LogP contribution in [0.5, 0.6) is 0 Å². The van der Waals surface area contributed by atoms with E-state index in [2.05, 4.69) is 15.3 Å². The molecule has 2 saturated carbocycles. The molecular formula is C26H29F2N3O5S. The number of aromatic nitrogens is 2. The summed E-state index contributed by atoms with van der Waals surface area (Å²) in [4.78, 5) is 22.1. The first-order valence-electron chi connectivity index (χ1n) is 12.3. The van der Waals surface area contributed by atoms with Crippen LogP contribution in [0.2, 0.25) is 0 Å². The van der Waals surface area contributed by atoms with Gasteiger partial charge >= 0.3 is 0 Å². The Hall–Kier alpha value is -2.76. The van der Waals surface area contributed by atoms with Gasteiger partial charge in [0.25, 0.3) is 5.91 Å². The number of hydrogen-bond acceptors (Lipinski definition) is 7. The Labute approximate surface area is 214 Å². The highest BCUT2D eigenvalue weighted by Crippen LogP contribution is 2.36. The maximum atomic E-state index is 13.8. The molecule has 4 atom stereocenters. The fourth-order valence-electron chi connectivity index (χ4n) is 4.63. The zero-order valence-electron chi connectivity index (χ0n) is 20.6. The van der Waals surface area contributed by atoms with Gasteiger partial charge in [-0.2, -0.15) is 0 Å². The minimum atomic E-state index is -3.39. The molecule has 1 saturated heterocycles. The molecule has 1 N–H and O–H groups in total. The topological polar surface area (TPSA) is 107 Å². The second kappa shape index (κ2) is 9.85. The number of carbonyl (C=O) groups excluding carboxylic acids is 1. The number of nitrogens with zero attached hydrogens (tertiary/aromatic N) is 2. The Bertz CT molecular complexity index is 1280. The van der Waals surface area contributed by atoms with E-state index in [9.17, 15) is 22.0 Å². The average molecular weight is 534 g/mol. The van der Waals surface area contributed by atoms with Crippen molar-refractivity contribution >= 4 is 27.1 Å². The largest absolute Gasteiger partial charge is 0.347 e. The van der Waals surface area contributed by atoms with E-state index >= 15 is 0 Å². The number of amides is 1. The number of nitrogens with one attached hydrogen (secondary N) is 1. The number of hydrogen-bond donors (Lipinski definition) is 1. The van der Waals surface area contributed by atoms with Crippen molar-refractivity contribution in [3.63, 3.8) is 0 Å². The van der Waals surface area contributed by atoms with Crippen LogP contribution >= 0.6 is 0 Å². The molecule has 1 aromatic heterocycles. The molecule has 198 valence electrons. The summed E-state index contributed by atoms with van der Waals surface area (Å²) in [5.74, 6) is -1.55. The average Bonchev–Trinajstić information content (AvgIpc) is 3.60. The maximum absolute atomic E-state index is 13.8. The van der Waals surface area contributed by atoms with Crippen LogP contribution in [0.25, 0.3) is 5.57 Å². The van der Waals surface area contributed by atoms with E-state index in [-0.39, 0.29) is 40.5 Å². The van der Waals surface area contributed by atoms with Crippen LogP contribution in [0.4, 0.5) is 14.6 Å². The van der Waals surface area contributed by atoms with Crippen LogP contribution < -0.4 is 5.32 Å². The van der Waals surface area contributed by atoms with Crippen molar-refractivity contribution in [2.24, 2.45) is 5.92 Å². The van der Waals surface area contributed by atoms with E-state index in [1.807, 2.05) is 0 Å². The number of anilines is 1. The third-order valence-electron chi connectivity index (χ3n) is 6.80. The van der Waals surface area contributed by atoms with Crippen molar-refractivity contribution in [3.05, 3.63) is 54.0 Å². The lowest BCUT2D eigenvalue weighted by molar-refractivity contribution is -0.139. The van der Waals surface area contributed by atoms with E-state index in [4.69, 9.17) is 9.47 Å². The molecule has 0 bridgehead atoms. The summed E-state index contributed by atoms with van der Waals surface area (Å²) in [7, 11) is -3.39. The van der Waals surface area contributed by atoms with Crippen molar-refractivity contribution in [1.82, 2.24) is 9.97 Å². The van der Waals surface area contributed by atoms with Crippen molar-refractivity contribution < 1.29 is 31.5 Å². The molecule has 2 aromatic rings. The number of ether oxygens (including phenoxy) is 2. The molecule has 37 heavy (non-hydrogen) atoms. The van der Waals surface area contributed by atoms with Crippen LogP contribution in [-0.2, 0) is 24.1 Å². The summed E-state index contributed by atoms with van der Waals surface area (Å²) in [6, 6.07) is 6.02. The maximum Gasteiger partial charge on any atom is 0.257 e. The number of carbonyl (C=O) groups is 1. The van der Waals surface area contributed by atoms with Crippen molar-refractivity contribution in [2.75, 3.05) is 11.9 Å². The Morgan fingerprint density at radius 2 is 1.76 bits per heavy atom. The molecule has 0 unspecified atom stereocenters. The lowest BCUT2D eigenvalue weighted by Crippen LogP contribution is -2.20.